The first-order valence-electron chi connectivity index (χ1n) is 3.94. The van der Waals surface area contributed by atoms with Gasteiger partial charge in [-0.2, -0.15) is 0 Å². The van der Waals surface area contributed by atoms with E-state index in [-0.39, 0.29) is 5.97 Å². The third kappa shape index (κ3) is 2.09. The molecule has 0 aromatic heterocycles. The van der Waals surface area contributed by atoms with Gasteiger partial charge >= 0.3 is 5.97 Å². The van der Waals surface area contributed by atoms with Crippen molar-refractivity contribution in [3.05, 3.63) is 36.5 Å². The van der Waals surface area contributed by atoms with Crippen molar-refractivity contribution in [2.24, 2.45) is 0 Å². The minimum Gasteiger partial charge on any atom is -0.457 e. The molecule has 0 spiro atoms. The third-order valence-electron chi connectivity index (χ3n) is 1.38. The lowest BCUT2D eigenvalue weighted by Crippen LogP contribution is -1.95. The van der Waals surface area contributed by atoms with Crippen LogP contribution in [-0.4, -0.2) is 12.6 Å². The van der Waals surface area contributed by atoms with E-state index in [0.29, 0.717) is 12.2 Å². The van der Waals surface area contributed by atoms with Gasteiger partial charge in [-0.05, 0) is 0 Å². The predicted molar refractivity (Wildman–Crippen MR) is 49.7 cm³/mol. The van der Waals surface area contributed by atoms with Crippen molar-refractivity contribution in [2.75, 3.05) is 6.61 Å². The quantitative estimate of drug-likeness (QED) is 0.588. The molecule has 0 saturated carbocycles. The summed E-state index contributed by atoms with van der Waals surface area (Å²) in [5.41, 5.74) is 1.36. The molecular weight excluding hydrogens is 152 g/mol. The number of hydrogen-bond donors (Lipinski definition) is 0. The SMILES string of the molecule is C=CC1=C(C=C)C(=O)OC1.CC. The normalized spacial score (nSPS) is 14.7. The van der Waals surface area contributed by atoms with Crippen molar-refractivity contribution >= 4 is 5.97 Å². The Balaban J connectivity index is 0.000000561. The Labute approximate surface area is 73.2 Å². The fourth-order valence-electron chi connectivity index (χ4n) is 0.813. The van der Waals surface area contributed by atoms with Gasteiger partial charge in [0.2, 0.25) is 0 Å². The average Bonchev–Trinajstić information content (AvgIpc) is 2.49. The summed E-state index contributed by atoms with van der Waals surface area (Å²) >= 11 is 0. The molecule has 12 heavy (non-hydrogen) atoms. The highest BCUT2D eigenvalue weighted by molar-refractivity contribution is 5.95. The summed E-state index contributed by atoms with van der Waals surface area (Å²) in [6.45, 7) is 11.4. The van der Waals surface area contributed by atoms with E-state index in [0.717, 1.165) is 5.57 Å². The zero-order valence-electron chi connectivity index (χ0n) is 7.59. The van der Waals surface area contributed by atoms with E-state index in [1.54, 1.807) is 6.08 Å². The molecule has 0 N–H and O–H groups in total. The highest BCUT2D eigenvalue weighted by Crippen LogP contribution is 2.16. The zero-order chi connectivity index (χ0) is 9.56. The Hall–Kier alpha value is -1.31. The number of carbonyl (C=O) groups excluding carboxylic acids is 1. The molecule has 0 aromatic carbocycles. The summed E-state index contributed by atoms with van der Waals surface area (Å²) in [6.07, 6.45) is 3.11. The van der Waals surface area contributed by atoms with Gasteiger partial charge in [0.25, 0.3) is 0 Å². The smallest absolute Gasteiger partial charge is 0.338 e. The van der Waals surface area contributed by atoms with Crippen LogP contribution in [-0.2, 0) is 9.53 Å². The second-order valence-electron chi connectivity index (χ2n) is 1.92. The summed E-state index contributed by atoms with van der Waals surface area (Å²) in [7, 11) is 0. The van der Waals surface area contributed by atoms with Gasteiger partial charge < -0.3 is 4.74 Å². The molecule has 0 bridgehead atoms. The molecule has 0 unspecified atom stereocenters. The van der Waals surface area contributed by atoms with E-state index in [9.17, 15) is 4.79 Å². The van der Waals surface area contributed by atoms with E-state index in [1.807, 2.05) is 13.8 Å². The first kappa shape index (κ1) is 10.7. The van der Waals surface area contributed by atoms with Crippen LogP contribution in [0, 0.1) is 0 Å². The lowest BCUT2D eigenvalue weighted by Gasteiger charge is -1.86. The van der Waals surface area contributed by atoms with Crippen LogP contribution in [0.15, 0.2) is 36.5 Å². The second kappa shape index (κ2) is 5.35. The van der Waals surface area contributed by atoms with Gasteiger partial charge in [0, 0.05) is 5.57 Å². The number of esters is 1. The number of ether oxygens (including phenoxy) is 1. The van der Waals surface area contributed by atoms with Crippen LogP contribution < -0.4 is 0 Å². The first-order chi connectivity index (χ1) is 5.79. The van der Waals surface area contributed by atoms with E-state index in [1.165, 1.54) is 6.08 Å². The highest BCUT2D eigenvalue weighted by Gasteiger charge is 2.19. The minimum absolute atomic E-state index is 0.301. The van der Waals surface area contributed by atoms with E-state index >= 15 is 0 Å². The van der Waals surface area contributed by atoms with Gasteiger partial charge in [0.15, 0.2) is 0 Å². The maximum Gasteiger partial charge on any atom is 0.338 e. The van der Waals surface area contributed by atoms with Gasteiger partial charge in [0.05, 0.1) is 5.57 Å². The summed E-state index contributed by atoms with van der Waals surface area (Å²) < 4.78 is 4.70. The zero-order valence-corrected chi connectivity index (χ0v) is 7.59. The largest absolute Gasteiger partial charge is 0.457 e. The maximum atomic E-state index is 10.8. The molecule has 0 fully saturated rings. The molecular formula is C10H14O2. The van der Waals surface area contributed by atoms with Crippen molar-refractivity contribution in [3.8, 4) is 0 Å². The van der Waals surface area contributed by atoms with Crippen LogP contribution in [0.5, 0.6) is 0 Å². The summed E-state index contributed by atoms with van der Waals surface area (Å²) in [6, 6.07) is 0. The molecule has 1 aliphatic rings. The Morgan fingerprint density at radius 1 is 1.33 bits per heavy atom. The number of hydrogen-bond acceptors (Lipinski definition) is 2. The number of cyclic esters (lactones) is 1. The van der Waals surface area contributed by atoms with Crippen molar-refractivity contribution in [1.29, 1.82) is 0 Å². The molecule has 1 aliphatic heterocycles. The Morgan fingerprint density at radius 2 is 1.92 bits per heavy atom. The molecule has 0 amide bonds. The van der Waals surface area contributed by atoms with Gasteiger partial charge in [0.1, 0.15) is 6.61 Å². The van der Waals surface area contributed by atoms with E-state index in [2.05, 4.69) is 13.2 Å². The topological polar surface area (TPSA) is 26.3 Å². The fraction of sp³-hybridized carbons (Fsp3) is 0.300. The fourth-order valence-corrected chi connectivity index (χ4v) is 0.813. The average molecular weight is 166 g/mol. The minimum atomic E-state index is -0.301. The van der Waals surface area contributed by atoms with Gasteiger partial charge in [-0.3, -0.25) is 0 Å². The predicted octanol–water partition coefficient (Wildman–Crippen LogP) is 2.24. The molecule has 0 radical (unpaired) electrons. The van der Waals surface area contributed by atoms with Crippen LogP contribution in [0.2, 0.25) is 0 Å². The van der Waals surface area contributed by atoms with Crippen molar-refractivity contribution in [3.63, 3.8) is 0 Å². The molecule has 1 rings (SSSR count). The monoisotopic (exact) mass is 166 g/mol. The standard InChI is InChI=1S/C8H8O2.C2H6/c1-3-6-5-10-8(9)7(6)4-2;1-2/h3-4H,1-2,5H2;1-2H3. The first-order valence-corrected chi connectivity index (χ1v) is 3.94. The Bertz CT molecular complexity index is 224. The molecule has 66 valence electrons. The molecule has 1 heterocycles. The molecule has 0 saturated heterocycles. The third-order valence-corrected chi connectivity index (χ3v) is 1.38. The van der Waals surface area contributed by atoms with Gasteiger partial charge in [-0.15, -0.1) is 0 Å². The number of rotatable bonds is 2. The maximum absolute atomic E-state index is 10.8. The second-order valence-corrected chi connectivity index (χ2v) is 1.92. The molecule has 0 atom stereocenters. The molecule has 0 aromatic rings. The van der Waals surface area contributed by atoms with Crippen LogP contribution in [0.4, 0.5) is 0 Å². The van der Waals surface area contributed by atoms with E-state index in [4.69, 9.17) is 4.74 Å². The van der Waals surface area contributed by atoms with Crippen LogP contribution in [0.25, 0.3) is 0 Å². The van der Waals surface area contributed by atoms with E-state index < -0.39 is 0 Å². The molecule has 2 nitrogen and oxygen atoms in total. The van der Waals surface area contributed by atoms with Gasteiger partial charge in [-0.25, -0.2) is 4.79 Å². The van der Waals surface area contributed by atoms with Crippen molar-refractivity contribution in [2.45, 2.75) is 13.8 Å². The van der Waals surface area contributed by atoms with Crippen molar-refractivity contribution in [1.82, 2.24) is 0 Å². The van der Waals surface area contributed by atoms with Crippen molar-refractivity contribution < 1.29 is 9.53 Å². The summed E-state index contributed by atoms with van der Waals surface area (Å²) in [4.78, 5) is 10.8. The number of carbonyl (C=O) groups is 1. The van der Waals surface area contributed by atoms with Crippen LogP contribution in [0.1, 0.15) is 13.8 Å². The Morgan fingerprint density at radius 3 is 2.25 bits per heavy atom. The Kier molecular flexibility index (Phi) is 4.77. The highest BCUT2D eigenvalue weighted by atomic mass is 16.5. The lowest BCUT2D eigenvalue weighted by molar-refractivity contribution is -0.135. The van der Waals surface area contributed by atoms with Crippen LogP contribution in [0.3, 0.4) is 0 Å². The molecule has 0 aliphatic carbocycles. The molecule has 2 heteroatoms. The van der Waals surface area contributed by atoms with Gasteiger partial charge in [-0.1, -0.05) is 39.2 Å². The lowest BCUT2D eigenvalue weighted by atomic mass is 10.1. The van der Waals surface area contributed by atoms with Crippen LogP contribution >= 0.6 is 0 Å². The summed E-state index contributed by atoms with van der Waals surface area (Å²) in [5.74, 6) is -0.301. The summed E-state index contributed by atoms with van der Waals surface area (Å²) in [5, 5.41) is 0.